The first kappa shape index (κ1) is 17.1. The smallest absolute Gasteiger partial charge is 0.251 e. The van der Waals surface area contributed by atoms with Crippen LogP contribution >= 0.6 is 11.8 Å². The Morgan fingerprint density at radius 1 is 1.35 bits per heavy atom. The van der Waals surface area contributed by atoms with E-state index in [1.54, 1.807) is 0 Å². The molecule has 2 rings (SSSR count). The molecule has 1 amide bonds. The average Bonchev–Trinajstić information content (AvgIpc) is 2.48. The van der Waals surface area contributed by atoms with E-state index in [9.17, 15) is 18.4 Å². The number of anilines is 1. The van der Waals surface area contributed by atoms with Crippen LogP contribution in [0.3, 0.4) is 0 Å². The summed E-state index contributed by atoms with van der Waals surface area (Å²) < 4.78 is 26.5. The van der Waals surface area contributed by atoms with Gasteiger partial charge in [-0.1, -0.05) is 25.6 Å². The molecule has 0 aliphatic heterocycles. The maximum Gasteiger partial charge on any atom is 0.251 e. The number of H-pyrrole nitrogens is 1. The summed E-state index contributed by atoms with van der Waals surface area (Å²) in [5, 5.41) is 2.58. The molecule has 0 spiro atoms. The minimum Gasteiger partial charge on any atom is -0.323 e. The van der Waals surface area contributed by atoms with Crippen LogP contribution in [-0.4, -0.2) is 21.6 Å². The second kappa shape index (κ2) is 7.36. The van der Waals surface area contributed by atoms with Gasteiger partial charge in [0, 0.05) is 12.1 Å². The lowest BCUT2D eigenvalue weighted by Gasteiger charge is -2.08. The number of carbonyl (C=O) groups excluding carboxylic acids is 1. The highest BCUT2D eigenvalue weighted by Crippen LogP contribution is 2.18. The highest BCUT2D eigenvalue weighted by atomic mass is 32.2. The van der Waals surface area contributed by atoms with E-state index in [2.05, 4.69) is 15.3 Å². The number of rotatable bonds is 5. The van der Waals surface area contributed by atoms with Gasteiger partial charge >= 0.3 is 0 Å². The normalized spacial score (nSPS) is 10.8. The molecule has 0 aliphatic rings. The maximum atomic E-state index is 13.4. The molecule has 2 N–H and O–H groups in total. The number of aromatic amines is 1. The maximum absolute atomic E-state index is 13.4. The van der Waals surface area contributed by atoms with Crippen LogP contribution in [-0.2, 0) is 4.79 Å². The SMILES string of the molecule is CC(C)c1cc(=O)[nH]c(SCC(=O)Nc2cc(F)ccc2F)n1. The zero-order valence-electron chi connectivity index (χ0n) is 12.5. The fraction of sp³-hybridized carbons (Fsp3) is 0.267. The van der Waals surface area contributed by atoms with Crippen molar-refractivity contribution in [1.82, 2.24) is 9.97 Å². The number of nitrogens with one attached hydrogen (secondary N) is 2. The lowest BCUT2D eigenvalue weighted by molar-refractivity contribution is -0.113. The van der Waals surface area contributed by atoms with Gasteiger partial charge in [-0.3, -0.25) is 9.59 Å². The molecule has 0 bridgehead atoms. The Kier molecular flexibility index (Phi) is 5.49. The lowest BCUT2D eigenvalue weighted by Crippen LogP contribution is -2.17. The van der Waals surface area contributed by atoms with Crippen molar-refractivity contribution in [3.8, 4) is 0 Å². The number of benzene rings is 1. The number of hydrogen-bond donors (Lipinski definition) is 2. The molecular weight excluding hydrogens is 324 g/mol. The number of aromatic nitrogens is 2. The average molecular weight is 339 g/mol. The first-order chi connectivity index (χ1) is 10.8. The summed E-state index contributed by atoms with van der Waals surface area (Å²) in [5.74, 6) is -1.92. The molecule has 1 aromatic heterocycles. The number of amides is 1. The Bertz CT molecular complexity index is 778. The third-order valence-corrected chi connectivity index (χ3v) is 3.75. The van der Waals surface area contributed by atoms with Gasteiger partial charge in [-0.2, -0.15) is 0 Å². The van der Waals surface area contributed by atoms with Crippen molar-refractivity contribution >= 4 is 23.4 Å². The summed E-state index contributed by atoms with van der Waals surface area (Å²) in [7, 11) is 0. The number of halogens is 2. The Morgan fingerprint density at radius 3 is 2.78 bits per heavy atom. The van der Waals surface area contributed by atoms with Crippen LogP contribution in [0.15, 0.2) is 34.2 Å². The largest absolute Gasteiger partial charge is 0.323 e. The molecule has 0 unspecified atom stereocenters. The number of thioether (sulfide) groups is 1. The number of nitrogens with zero attached hydrogens (tertiary/aromatic N) is 1. The summed E-state index contributed by atoms with van der Waals surface area (Å²) in [6.07, 6.45) is 0. The molecule has 0 radical (unpaired) electrons. The fourth-order valence-electron chi connectivity index (χ4n) is 1.73. The highest BCUT2D eigenvalue weighted by Gasteiger charge is 2.11. The molecule has 5 nitrogen and oxygen atoms in total. The van der Waals surface area contributed by atoms with Gasteiger partial charge in [0.1, 0.15) is 11.6 Å². The molecule has 122 valence electrons. The van der Waals surface area contributed by atoms with Crippen molar-refractivity contribution in [1.29, 1.82) is 0 Å². The Morgan fingerprint density at radius 2 is 2.09 bits per heavy atom. The van der Waals surface area contributed by atoms with Crippen LogP contribution in [0.1, 0.15) is 25.5 Å². The molecule has 8 heteroatoms. The zero-order chi connectivity index (χ0) is 17.0. The van der Waals surface area contributed by atoms with Crippen molar-refractivity contribution in [3.05, 3.63) is 51.9 Å². The van der Waals surface area contributed by atoms with Crippen molar-refractivity contribution < 1.29 is 13.6 Å². The second-order valence-electron chi connectivity index (χ2n) is 5.09. The van der Waals surface area contributed by atoms with E-state index in [0.29, 0.717) is 10.9 Å². The van der Waals surface area contributed by atoms with Gasteiger partial charge in [0.2, 0.25) is 5.91 Å². The van der Waals surface area contributed by atoms with Gasteiger partial charge < -0.3 is 10.3 Å². The third-order valence-electron chi connectivity index (χ3n) is 2.87. The van der Waals surface area contributed by atoms with Crippen molar-refractivity contribution in [2.24, 2.45) is 0 Å². The summed E-state index contributed by atoms with van der Waals surface area (Å²) in [4.78, 5) is 30.1. The first-order valence-electron chi connectivity index (χ1n) is 6.84. The van der Waals surface area contributed by atoms with E-state index in [1.807, 2.05) is 13.8 Å². The molecular formula is C15H15F2N3O2S. The van der Waals surface area contributed by atoms with Gasteiger partial charge in [0.05, 0.1) is 17.1 Å². The molecule has 2 aromatic rings. The molecule has 23 heavy (non-hydrogen) atoms. The number of carbonyl (C=O) groups is 1. The molecule has 0 saturated carbocycles. The predicted molar refractivity (Wildman–Crippen MR) is 84.7 cm³/mol. The van der Waals surface area contributed by atoms with E-state index in [1.165, 1.54) is 6.07 Å². The summed E-state index contributed by atoms with van der Waals surface area (Å²) in [5.41, 5.74) is 0.0867. The van der Waals surface area contributed by atoms with Crippen molar-refractivity contribution in [3.63, 3.8) is 0 Å². The fourth-order valence-corrected chi connectivity index (χ4v) is 2.41. The van der Waals surface area contributed by atoms with Crippen LogP contribution in [0.5, 0.6) is 0 Å². The Labute approximate surface area is 135 Å². The van der Waals surface area contributed by atoms with Gasteiger partial charge in [-0.25, -0.2) is 13.8 Å². The Hall–Kier alpha value is -2.22. The van der Waals surface area contributed by atoms with Crippen LogP contribution < -0.4 is 10.9 Å². The summed E-state index contributed by atoms with van der Waals surface area (Å²) >= 11 is 1.01. The molecule has 1 aromatic carbocycles. The standard InChI is InChI=1S/C15H15F2N3O2S/c1-8(2)11-6-13(21)20-15(19-11)23-7-14(22)18-12-5-9(16)3-4-10(12)17/h3-6,8H,7H2,1-2H3,(H,18,22)(H,19,20,21). The van der Waals surface area contributed by atoms with Gasteiger partial charge in [-0.15, -0.1) is 0 Å². The van der Waals surface area contributed by atoms with E-state index >= 15 is 0 Å². The van der Waals surface area contributed by atoms with Crippen molar-refractivity contribution in [2.75, 3.05) is 11.1 Å². The summed E-state index contributed by atoms with van der Waals surface area (Å²) in [6, 6.07) is 4.20. The molecule has 0 saturated heterocycles. The molecule has 0 aliphatic carbocycles. The van der Waals surface area contributed by atoms with E-state index in [0.717, 1.165) is 30.0 Å². The summed E-state index contributed by atoms with van der Waals surface area (Å²) in [6.45, 7) is 3.80. The zero-order valence-corrected chi connectivity index (χ0v) is 13.3. The van der Waals surface area contributed by atoms with Crippen LogP contribution in [0.2, 0.25) is 0 Å². The Balaban J connectivity index is 2.02. The van der Waals surface area contributed by atoms with Gasteiger partial charge in [0.25, 0.3) is 5.56 Å². The minimum atomic E-state index is -0.724. The number of hydrogen-bond acceptors (Lipinski definition) is 4. The van der Waals surface area contributed by atoms with Gasteiger partial charge in [0.15, 0.2) is 5.16 Å². The quantitative estimate of drug-likeness (QED) is 0.649. The lowest BCUT2D eigenvalue weighted by atomic mass is 10.1. The molecule has 0 atom stereocenters. The van der Waals surface area contributed by atoms with Crippen LogP contribution in [0.4, 0.5) is 14.5 Å². The topological polar surface area (TPSA) is 74.8 Å². The molecule has 0 fully saturated rings. The molecule has 1 heterocycles. The monoisotopic (exact) mass is 339 g/mol. The van der Waals surface area contributed by atoms with Crippen LogP contribution in [0, 0.1) is 11.6 Å². The van der Waals surface area contributed by atoms with E-state index < -0.39 is 17.5 Å². The van der Waals surface area contributed by atoms with Gasteiger partial charge in [-0.05, 0) is 18.1 Å². The first-order valence-corrected chi connectivity index (χ1v) is 7.82. The van der Waals surface area contributed by atoms with Crippen LogP contribution in [0.25, 0.3) is 0 Å². The van der Waals surface area contributed by atoms with E-state index in [-0.39, 0.29) is 22.9 Å². The second-order valence-corrected chi connectivity index (χ2v) is 6.06. The third kappa shape index (κ3) is 4.88. The predicted octanol–water partition coefficient (Wildman–Crippen LogP) is 2.90. The highest BCUT2D eigenvalue weighted by molar-refractivity contribution is 7.99. The minimum absolute atomic E-state index is 0.0758. The van der Waals surface area contributed by atoms with E-state index in [4.69, 9.17) is 0 Å². The van der Waals surface area contributed by atoms with Crippen molar-refractivity contribution in [2.45, 2.75) is 24.9 Å².